The minimum absolute atomic E-state index is 0.0559. The summed E-state index contributed by atoms with van der Waals surface area (Å²) in [5.74, 6) is 0.937. The summed E-state index contributed by atoms with van der Waals surface area (Å²) in [5.41, 5.74) is 1.03. The zero-order valence-electron chi connectivity index (χ0n) is 14.7. The molecule has 134 valence electrons. The van der Waals surface area contributed by atoms with Gasteiger partial charge in [-0.2, -0.15) is 5.10 Å². The fourth-order valence-electron chi connectivity index (χ4n) is 3.30. The molecule has 3 rings (SSSR count). The van der Waals surface area contributed by atoms with E-state index >= 15 is 0 Å². The van der Waals surface area contributed by atoms with Gasteiger partial charge in [-0.15, -0.1) is 0 Å². The van der Waals surface area contributed by atoms with Gasteiger partial charge in [-0.1, -0.05) is 26.0 Å². The van der Waals surface area contributed by atoms with Crippen molar-refractivity contribution in [2.75, 3.05) is 13.1 Å². The molecule has 0 bridgehead atoms. The highest BCUT2D eigenvalue weighted by Gasteiger charge is 2.28. The fraction of sp³-hybridized carbons (Fsp3) is 0.474. The number of hydrogen-bond donors (Lipinski definition) is 1. The number of aromatic nitrogens is 2. The van der Waals surface area contributed by atoms with Crippen molar-refractivity contribution >= 4 is 5.91 Å². The lowest BCUT2D eigenvalue weighted by Gasteiger charge is -2.16. The van der Waals surface area contributed by atoms with Crippen molar-refractivity contribution in [1.82, 2.24) is 15.1 Å². The van der Waals surface area contributed by atoms with Gasteiger partial charge in [-0.3, -0.25) is 9.89 Å². The van der Waals surface area contributed by atoms with Crippen molar-refractivity contribution < 1.29 is 13.9 Å². The molecule has 5 nitrogen and oxygen atoms in total. The van der Waals surface area contributed by atoms with Crippen molar-refractivity contribution in [2.24, 2.45) is 11.8 Å². The van der Waals surface area contributed by atoms with Crippen LogP contribution in [0.25, 0.3) is 0 Å². The van der Waals surface area contributed by atoms with Crippen molar-refractivity contribution in [3.8, 4) is 5.75 Å². The Morgan fingerprint density at radius 3 is 3.00 bits per heavy atom. The number of hydrogen-bond acceptors (Lipinski definition) is 3. The van der Waals surface area contributed by atoms with Crippen LogP contribution in [0.3, 0.4) is 0 Å². The first-order chi connectivity index (χ1) is 12.0. The Labute approximate surface area is 147 Å². The molecule has 1 aliphatic heterocycles. The lowest BCUT2D eigenvalue weighted by Crippen LogP contribution is -2.29. The van der Waals surface area contributed by atoms with E-state index in [1.54, 1.807) is 24.3 Å². The second-order valence-electron chi connectivity index (χ2n) is 7.03. The third kappa shape index (κ3) is 4.38. The average Bonchev–Trinajstić information content (AvgIpc) is 3.22. The summed E-state index contributed by atoms with van der Waals surface area (Å²) < 4.78 is 19.0. The molecular weight excluding hydrogens is 321 g/mol. The highest BCUT2D eigenvalue weighted by Crippen LogP contribution is 2.24. The molecule has 1 aromatic carbocycles. The van der Waals surface area contributed by atoms with Crippen molar-refractivity contribution in [2.45, 2.75) is 33.3 Å². The van der Waals surface area contributed by atoms with Crippen LogP contribution < -0.4 is 4.74 Å². The minimum Gasteiger partial charge on any atom is -0.484 e. The standard InChI is InChI=1S/C19H24FN3O2/c1-13(2)9-14-7-8-23(11-14)19(24)17-10-15(21-22-17)12-25-18-6-4-3-5-16(18)20/h3-6,10,13-14H,7-9,11-12H2,1-2H3,(H,21,22)/t14-/m1/s1. The van der Waals surface area contributed by atoms with Gasteiger partial charge in [0.15, 0.2) is 17.3 Å². The van der Waals surface area contributed by atoms with Crippen LogP contribution in [0.4, 0.5) is 4.39 Å². The summed E-state index contributed by atoms with van der Waals surface area (Å²) in [6.45, 7) is 6.13. The molecule has 1 fully saturated rings. The normalized spacial score (nSPS) is 17.3. The Morgan fingerprint density at radius 2 is 2.24 bits per heavy atom. The van der Waals surface area contributed by atoms with E-state index in [1.165, 1.54) is 6.07 Å². The molecule has 0 radical (unpaired) electrons. The summed E-state index contributed by atoms with van der Waals surface area (Å²) in [5, 5.41) is 6.89. The molecule has 2 heterocycles. The number of amides is 1. The smallest absolute Gasteiger partial charge is 0.274 e. The summed E-state index contributed by atoms with van der Waals surface area (Å²) >= 11 is 0. The molecule has 0 saturated carbocycles. The van der Waals surface area contributed by atoms with Gasteiger partial charge < -0.3 is 9.64 Å². The number of H-pyrrole nitrogens is 1. The Kier molecular flexibility index (Phi) is 5.36. The molecule has 6 heteroatoms. The minimum atomic E-state index is -0.411. The van der Waals surface area contributed by atoms with E-state index in [1.807, 2.05) is 4.90 Å². The summed E-state index contributed by atoms with van der Waals surface area (Å²) in [6.07, 6.45) is 2.20. The molecule has 1 atom stereocenters. The maximum atomic E-state index is 13.5. The molecule has 1 aliphatic rings. The second-order valence-corrected chi connectivity index (χ2v) is 7.03. The van der Waals surface area contributed by atoms with Crippen LogP contribution >= 0.6 is 0 Å². The van der Waals surface area contributed by atoms with E-state index in [0.717, 1.165) is 25.9 Å². The summed E-state index contributed by atoms with van der Waals surface area (Å²) in [4.78, 5) is 14.4. The quantitative estimate of drug-likeness (QED) is 0.870. The lowest BCUT2D eigenvalue weighted by molar-refractivity contribution is 0.0779. The highest BCUT2D eigenvalue weighted by molar-refractivity contribution is 5.92. The van der Waals surface area contributed by atoms with Crippen molar-refractivity contribution in [1.29, 1.82) is 0 Å². The second kappa shape index (κ2) is 7.68. The lowest BCUT2D eigenvalue weighted by atomic mass is 9.97. The molecule has 1 aromatic heterocycles. The predicted octanol–water partition coefficient (Wildman–Crippen LogP) is 3.64. The third-order valence-corrected chi connectivity index (χ3v) is 4.45. The number of rotatable bonds is 6. The largest absolute Gasteiger partial charge is 0.484 e. The first-order valence-electron chi connectivity index (χ1n) is 8.74. The van der Waals surface area contributed by atoms with Gasteiger partial charge in [-0.05, 0) is 42.9 Å². The summed E-state index contributed by atoms with van der Waals surface area (Å²) in [6, 6.07) is 7.91. The number of nitrogens with zero attached hydrogens (tertiary/aromatic N) is 2. The van der Waals surface area contributed by atoms with Crippen LogP contribution in [0.2, 0.25) is 0 Å². The number of carbonyl (C=O) groups excluding carboxylic acids is 1. The zero-order valence-corrected chi connectivity index (χ0v) is 14.7. The topological polar surface area (TPSA) is 58.2 Å². The van der Waals surface area contributed by atoms with Crippen molar-refractivity contribution in [3.05, 3.63) is 47.5 Å². The average molecular weight is 345 g/mol. The van der Waals surface area contributed by atoms with Gasteiger partial charge in [0.2, 0.25) is 0 Å². The molecule has 0 spiro atoms. The number of benzene rings is 1. The number of nitrogens with one attached hydrogen (secondary N) is 1. The number of likely N-dealkylation sites (tertiary alicyclic amines) is 1. The van der Waals surface area contributed by atoms with Crippen LogP contribution in [0.15, 0.2) is 30.3 Å². The van der Waals surface area contributed by atoms with Crippen LogP contribution in [0, 0.1) is 17.7 Å². The number of carbonyl (C=O) groups is 1. The maximum Gasteiger partial charge on any atom is 0.274 e. The first kappa shape index (κ1) is 17.5. The molecule has 25 heavy (non-hydrogen) atoms. The van der Waals surface area contributed by atoms with Gasteiger partial charge in [0.05, 0.1) is 5.69 Å². The van der Waals surface area contributed by atoms with Crippen LogP contribution in [0.5, 0.6) is 5.75 Å². The number of halogens is 1. The maximum absolute atomic E-state index is 13.5. The third-order valence-electron chi connectivity index (χ3n) is 4.45. The predicted molar refractivity (Wildman–Crippen MR) is 92.8 cm³/mol. The Bertz CT molecular complexity index is 729. The van der Waals surface area contributed by atoms with Crippen LogP contribution in [-0.2, 0) is 6.61 Å². The molecule has 0 unspecified atom stereocenters. The monoisotopic (exact) mass is 345 g/mol. The molecule has 1 amide bonds. The Balaban J connectivity index is 1.56. The zero-order chi connectivity index (χ0) is 17.8. The number of para-hydroxylation sites is 1. The van der Waals surface area contributed by atoms with E-state index in [9.17, 15) is 9.18 Å². The molecular formula is C19H24FN3O2. The van der Waals surface area contributed by atoms with E-state index < -0.39 is 5.82 Å². The van der Waals surface area contributed by atoms with E-state index in [-0.39, 0.29) is 18.3 Å². The molecule has 1 saturated heterocycles. The van der Waals surface area contributed by atoms with Gasteiger partial charge in [0.1, 0.15) is 6.61 Å². The van der Waals surface area contributed by atoms with Crippen molar-refractivity contribution in [3.63, 3.8) is 0 Å². The van der Waals surface area contributed by atoms with Gasteiger partial charge >= 0.3 is 0 Å². The molecule has 2 aromatic rings. The van der Waals surface area contributed by atoms with Crippen LogP contribution in [-0.4, -0.2) is 34.1 Å². The first-order valence-corrected chi connectivity index (χ1v) is 8.74. The SMILES string of the molecule is CC(C)C[C@H]1CCN(C(=O)c2cc(COc3ccccc3F)[nH]n2)C1. The fourth-order valence-corrected chi connectivity index (χ4v) is 3.30. The van der Waals surface area contributed by atoms with Crippen LogP contribution in [0.1, 0.15) is 42.9 Å². The van der Waals surface area contributed by atoms with E-state index in [2.05, 4.69) is 24.0 Å². The summed E-state index contributed by atoms with van der Waals surface area (Å²) in [7, 11) is 0. The van der Waals surface area contributed by atoms with E-state index in [0.29, 0.717) is 23.2 Å². The van der Waals surface area contributed by atoms with Gasteiger partial charge in [0, 0.05) is 13.1 Å². The molecule has 0 aliphatic carbocycles. The Morgan fingerprint density at radius 1 is 1.44 bits per heavy atom. The molecule has 1 N–H and O–H groups in total. The van der Waals surface area contributed by atoms with E-state index in [4.69, 9.17) is 4.74 Å². The van der Waals surface area contributed by atoms with Gasteiger partial charge in [-0.25, -0.2) is 4.39 Å². The Hall–Kier alpha value is -2.37. The van der Waals surface area contributed by atoms with Gasteiger partial charge in [0.25, 0.3) is 5.91 Å². The number of ether oxygens (including phenoxy) is 1. The highest BCUT2D eigenvalue weighted by atomic mass is 19.1. The number of aromatic amines is 1.